The van der Waals surface area contributed by atoms with Gasteiger partial charge >= 0.3 is 0 Å². The van der Waals surface area contributed by atoms with Crippen LogP contribution in [-0.2, 0) is 7.05 Å². The molecule has 3 heteroatoms. The molecule has 0 saturated carbocycles. The third-order valence-electron chi connectivity index (χ3n) is 7.44. The van der Waals surface area contributed by atoms with Crippen molar-refractivity contribution < 1.29 is 4.79 Å². The fourth-order valence-corrected chi connectivity index (χ4v) is 5.68. The van der Waals surface area contributed by atoms with E-state index in [1.165, 1.54) is 22.0 Å². The largest absolute Gasteiger partial charge is 0.343 e. The van der Waals surface area contributed by atoms with Crippen molar-refractivity contribution in [3.05, 3.63) is 131 Å². The lowest BCUT2D eigenvalue weighted by Gasteiger charge is -2.32. The molecule has 35 heavy (non-hydrogen) atoms. The number of hydrogen-bond acceptors (Lipinski definition) is 1. The quantitative estimate of drug-likeness (QED) is 0.275. The van der Waals surface area contributed by atoms with E-state index in [9.17, 15) is 4.79 Å². The monoisotopic (exact) mass is 456 g/mol. The zero-order valence-electron chi connectivity index (χ0n) is 20.3. The molecule has 1 aliphatic heterocycles. The van der Waals surface area contributed by atoms with Gasteiger partial charge in [0, 0.05) is 29.1 Å². The highest BCUT2D eigenvalue weighted by molar-refractivity contribution is 6.02. The van der Waals surface area contributed by atoms with Gasteiger partial charge in [0.25, 0.3) is 5.91 Å². The molecule has 4 aromatic carbocycles. The minimum atomic E-state index is -0.184. The van der Waals surface area contributed by atoms with Gasteiger partial charge in [-0.25, -0.2) is 0 Å². The fourth-order valence-electron chi connectivity index (χ4n) is 5.68. The van der Waals surface area contributed by atoms with Gasteiger partial charge in [0.15, 0.2) is 0 Å². The predicted octanol–water partition coefficient (Wildman–Crippen LogP) is 7.46. The Hall–Kier alpha value is -4.11. The van der Waals surface area contributed by atoms with Crippen molar-refractivity contribution in [3.63, 3.8) is 0 Å². The van der Waals surface area contributed by atoms with Crippen LogP contribution in [0.4, 0.5) is 0 Å². The summed E-state index contributed by atoms with van der Waals surface area (Å²) in [6.45, 7) is 4.25. The summed E-state index contributed by atoms with van der Waals surface area (Å²) in [5, 5.41) is 1.19. The number of carbonyl (C=O) groups excluding carboxylic acids is 1. The van der Waals surface area contributed by atoms with Gasteiger partial charge in [-0.1, -0.05) is 96.6 Å². The smallest absolute Gasteiger partial charge is 0.255 e. The minimum absolute atomic E-state index is 0.0778. The molecular formula is C32H28N2O. The van der Waals surface area contributed by atoms with Gasteiger partial charge in [0.1, 0.15) is 0 Å². The first-order valence-corrected chi connectivity index (χ1v) is 12.2. The van der Waals surface area contributed by atoms with Crippen molar-refractivity contribution in [2.75, 3.05) is 0 Å². The van der Waals surface area contributed by atoms with E-state index >= 15 is 0 Å². The van der Waals surface area contributed by atoms with Crippen LogP contribution in [0.5, 0.6) is 0 Å². The summed E-state index contributed by atoms with van der Waals surface area (Å²) in [5.41, 5.74) is 8.91. The zero-order chi connectivity index (χ0) is 24.1. The lowest BCUT2D eigenvalue weighted by molar-refractivity contribution is 0.0678. The summed E-state index contributed by atoms with van der Waals surface area (Å²) in [4.78, 5) is 16.0. The van der Waals surface area contributed by atoms with Crippen molar-refractivity contribution in [1.29, 1.82) is 0 Å². The van der Waals surface area contributed by atoms with E-state index in [-0.39, 0.29) is 18.0 Å². The zero-order valence-corrected chi connectivity index (χ0v) is 20.3. The first-order chi connectivity index (χ1) is 17.1. The van der Waals surface area contributed by atoms with Crippen LogP contribution in [0.3, 0.4) is 0 Å². The Morgan fingerprint density at radius 2 is 1.43 bits per heavy atom. The number of hydrogen-bond donors (Lipinski definition) is 0. The van der Waals surface area contributed by atoms with Crippen LogP contribution < -0.4 is 0 Å². The third-order valence-corrected chi connectivity index (χ3v) is 7.44. The number of para-hydroxylation sites is 1. The van der Waals surface area contributed by atoms with Crippen LogP contribution in [0, 0.1) is 6.92 Å². The van der Waals surface area contributed by atoms with Gasteiger partial charge in [0.05, 0.1) is 17.8 Å². The molecule has 1 aliphatic rings. The molecule has 2 atom stereocenters. The van der Waals surface area contributed by atoms with E-state index < -0.39 is 0 Å². The highest BCUT2D eigenvalue weighted by Gasteiger charge is 2.43. The molecule has 0 N–H and O–H groups in total. The topological polar surface area (TPSA) is 25.2 Å². The highest BCUT2D eigenvalue weighted by Crippen LogP contribution is 2.49. The molecule has 0 bridgehead atoms. The van der Waals surface area contributed by atoms with Crippen molar-refractivity contribution in [2.45, 2.75) is 25.9 Å². The molecule has 6 rings (SSSR count). The Labute approximate surface area is 206 Å². The third kappa shape index (κ3) is 3.30. The number of rotatable bonds is 4. The number of amides is 1. The molecule has 3 nitrogen and oxygen atoms in total. The van der Waals surface area contributed by atoms with Crippen LogP contribution in [0.25, 0.3) is 22.2 Å². The van der Waals surface area contributed by atoms with E-state index in [4.69, 9.17) is 0 Å². The Bertz CT molecular complexity index is 1550. The van der Waals surface area contributed by atoms with Crippen molar-refractivity contribution in [1.82, 2.24) is 9.47 Å². The molecule has 0 saturated heterocycles. The maximum atomic E-state index is 13.9. The maximum Gasteiger partial charge on any atom is 0.255 e. The molecule has 2 heterocycles. The van der Waals surface area contributed by atoms with E-state index in [0.717, 1.165) is 27.9 Å². The second kappa shape index (κ2) is 8.28. The summed E-state index contributed by atoms with van der Waals surface area (Å²) >= 11 is 0. The summed E-state index contributed by atoms with van der Waals surface area (Å²) in [6, 6.07) is 35.4. The van der Waals surface area contributed by atoms with Gasteiger partial charge in [-0.2, -0.15) is 0 Å². The Morgan fingerprint density at radius 1 is 0.771 bits per heavy atom. The van der Waals surface area contributed by atoms with E-state index in [0.29, 0.717) is 0 Å². The Kier molecular flexibility index (Phi) is 5.07. The van der Waals surface area contributed by atoms with Crippen molar-refractivity contribution >= 4 is 16.8 Å². The van der Waals surface area contributed by atoms with Gasteiger partial charge in [-0.05, 0) is 42.7 Å². The van der Waals surface area contributed by atoms with Crippen LogP contribution in [0.1, 0.15) is 51.6 Å². The molecular weight excluding hydrogens is 428 g/mol. The molecule has 0 spiro atoms. The molecule has 0 unspecified atom stereocenters. The number of carbonyl (C=O) groups is 1. The molecule has 5 aromatic rings. The van der Waals surface area contributed by atoms with Crippen LogP contribution in [0.15, 0.2) is 103 Å². The van der Waals surface area contributed by atoms with Crippen molar-refractivity contribution in [3.8, 4) is 11.3 Å². The summed E-state index contributed by atoms with van der Waals surface area (Å²) in [6.07, 6.45) is 0. The standard InChI is InChI=1S/C32H28N2O/c1-21-17-19-24(20-18-21)30-29(27-15-9-10-16-28(27)33(30)3)31-25-13-7-8-14-26(25)32(35)34(31)22(2)23-11-5-4-6-12-23/h4-20,22,31H,1-3H3/t22-,31-/m1/s1. The average Bonchev–Trinajstić information content (AvgIpc) is 3.35. The van der Waals surface area contributed by atoms with Crippen molar-refractivity contribution in [2.24, 2.45) is 7.05 Å². The summed E-state index contributed by atoms with van der Waals surface area (Å²) in [5.74, 6) is 0.0877. The van der Waals surface area contributed by atoms with Gasteiger partial charge in [-0.15, -0.1) is 0 Å². The Morgan fingerprint density at radius 3 is 2.20 bits per heavy atom. The molecule has 0 fully saturated rings. The first kappa shape index (κ1) is 21.4. The number of fused-ring (bicyclic) bond motifs is 2. The van der Waals surface area contributed by atoms with Gasteiger partial charge in [-0.3, -0.25) is 4.79 Å². The van der Waals surface area contributed by atoms with Crippen LogP contribution in [-0.4, -0.2) is 15.4 Å². The summed E-state index contributed by atoms with van der Waals surface area (Å²) < 4.78 is 2.28. The highest BCUT2D eigenvalue weighted by atomic mass is 16.2. The van der Waals surface area contributed by atoms with Gasteiger partial charge in [0.2, 0.25) is 0 Å². The normalized spacial score (nSPS) is 16.0. The molecule has 0 aliphatic carbocycles. The number of benzene rings is 4. The molecule has 1 aromatic heterocycles. The lowest BCUT2D eigenvalue weighted by Crippen LogP contribution is -2.31. The average molecular weight is 457 g/mol. The van der Waals surface area contributed by atoms with E-state index in [1.54, 1.807) is 0 Å². The number of nitrogens with zero attached hydrogens (tertiary/aromatic N) is 2. The molecule has 0 radical (unpaired) electrons. The maximum absolute atomic E-state index is 13.9. The first-order valence-electron chi connectivity index (χ1n) is 12.2. The SMILES string of the molecule is Cc1ccc(-c2c([C@H]3c4ccccc4C(=O)N3[C@H](C)c3ccccc3)c3ccccc3n2C)cc1. The number of aromatic nitrogens is 1. The number of aryl methyl sites for hydroxylation is 2. The predicted molar refractivity (Wildman–Crippen MR) is 142 cm³/mol. The van der Waals surface area contributed by atoms with Crippen LogP contribution >= 0.6 is 0 Å². The fraction of sp³-hybridized carbons (Fsp3) is 0.156. The second-order valence-electron chi connectivity index (χ2n) is 9.49. The lowest BCUT2D eigenvalue weighted by atomic mass is 9.92. The Balaban J connectivity index is 1.66. The second-order valence-corrected chi connectivity index (χ2v) is 9.49. The summed E-state index contributed by atoms with van der Waals surface area (Å²) in [7, 11) is 2.13. The van der Waals surface area contributed by atoms with E-state index in [2.05, 4.69) is 97.1 Å². The van der Waals surface area contributed by atoms with Crippen LogP contribution in [0.2, 0.25) is 0 Å². The molecule has 172 valence electrons. The minimum Gasteiger partial charge on any atom is -0.343 e. The molecule has 1 amide bonds. The van der Waals surface area contributed by atoms with E-state index in [1.807, 2.05) is 36.4 Å². The van der Waals surface area contributed by atoms with Gasteiger partial charge < -0.3 is 9.47 Å².